The van der Waals surface area contributed by atoms with Gasteiger partial charge in [0.1, 0.15) is 0 Å². The number of nitrogens with zero attached hydrogens (tertiary/aromatic N) is 1. The first-order chi connectivity index (χ1) is 14.7. The molecule has 1 amide bonds. The third-order valence-corrected chi connectivity index (χ3v) is 7.19. The molecular formula is C23H22N2O5S. The Kier molecular flexibility index (Phi) is 5.49. The molecule has 0 aliphatic carbocycles. The van der Waals surface area contributed by atoms with Crippen molar-refractivity contribution in [1.29, 1.82) is 0 Å². The fourth-order valence-electron chi connectivity index (χ4n) is 3.79. The van der Waals surface area contributed by atoms with Crippen LogP contribution in [0.1, 0.15) is 23.7 Å². The second-order valence-electron chi connectivity index (χ2n) is 7.97. The maximum Gasteiger partial charge on any atom is 0.339 e. The topological polar surface area (TPSA) is 102 Å². The van der Waals surface area contributed by atoms with Gasteiger partial charge in [-0.1, -0.05) is 48.5 Å². The number of sulfone groups is 1. The van der Waals surface area contributed by atoms with E-state index in [2.05, 4.69) is 10.3 Å². The lowest BCUT2D eigenvalue weighted by Crippen LogP contribution is -2.48. The number of para-hydroxylation sites is 1. The molecule has 3 aromatic rings. The molecule has 0 saturated carbocycles. The number of carbonyl (C=O) groups excluding carboxylic acids is 2. The van der Waals surface area contributed by atoms with Crippen molar-refractivity contribution in [1.82, 2.24) is 10.3 Å². The largest absolute Gasteiger partial charge is 0.452 e. The molecule has 1 fully saturated rings. The molecule has 31 heavy (non-hydrogen) atoms. The Morgan fingerprint density at radius 1 is 1.10 bits per heavy atom. The fourth-order valence-corrected chi connectivity index (χ4v) is 5.88. The monoisotopic (exact) mass is 438 g/mol. The van der Waals surface area contributed by atoms with Gasteiger partial charge in [-0.05, 0) is 25.5 Å². The predicted octanol–water partition coefficient (Wildman–Crippen LogP) is 2.75. The third kappa shape index (κ3) is 4.74. The molecule has 2 heterocycles. The normalized spacial score (nSPS) is 19.8. The van der Waals surface area contributed by atoms with Gasteiger partial charge in [-0.2, -0.15) is 0 Å². The van der Waals surface area contributed by atoms with E-state index in [1.807, 2.05) is 42.5 Å². The lowest BCUT2D eigenvalue weighted by atomic mass is 10.0. The number of rotatable bonds is 5. The summed E-state index contributed by atoms with van der Waals surface area (Å²) in [6.45, 7) is 1.19. The molecule has 2 aromatic carbocycles. The van der Waals surface area contributed by atoms with Gasteiger partial charge in [0.15, 0.2) is 16.4 Å². The highest BCUT2D eigenvalue weighted by atomic mass is 32.2. The Bertz CT molecular complexity index is 1260. The summed E-state index contributed by atoms with van der Waals surface area (Å²) in [6, 6.07) is 18.4. The van der Waals surface area contributed by atoms with Gasteiger partial charge in [-0.15, -0.1) is 0 Å². The van der Waals surface area contributed by atoms with Crippen LogP contribution in [0, 0.1) is 0 Å². The van der Waals surface area contributed by atoms with Gasteiger partial charge in [-0.3, -0.25) is 4.79 Å². The Morgan fingerprint density at radius 3 is 2.52 bits per heavy atom. The zero-order valence-corrected chi connectivity index (χ0v) is 17.8. The molecule has 0 radical (unpaired) electrons. The first kappa shape index (κ1) is 21.0. The van der Waals surface area contributed by atoms with Crippen LogP contribution in [-0.2, 0) is 19.4 Å². The Labute approximate surface area is 180 Å². The van der Waals surface area contributed by atoms with E-state index in [4.69, 9.17) is 4.74 Å². The molecule has 1 unspecified atom stereocenters. The molecule has 8 heteroatoms. The maximum absolute atomic E-state index is 12.8. The van der Waals surface area contributed by atoms with Crippen LogP contribution in [0.3, 0.4) is 0 Å². The molecule has 1 N–H and O–H groups in total. The van der Waals surface area contributed by atoms with Crippen LogP contribution in [0.5, 0.6) is 0 Å². The summed E-state index contributed by atoms with van der Waals surface area (Å²) in [7, 11) is -3.16. The number of fused-ring (bicyclic) bond motifs is 1. The smallest absolute Gasteiger partial charge is 0.339 e. The van der Waals surface area contributed by atoms with Crippen molar-refractivity contribution >= 4 is 32.6 Å². The highest BCUT2D eigenvalue weighted by molar-refractivity contribution is 7.91. The van der Waals surface area contributed by atoms with Crippen molar-refractivity contribution in [2.45, 2.75) is 18.9 Å². The summed E-state index contributed by atoms with van der Waals surface area (Å²) in [5.74, 6) is -1.26. The van der Waals surface area contributed by atoms with Crippen molar-refractivity contribution in [3.8, 4) is 11.3 Å². The van der Waals surface area contributed by atoms with Gasteiger partial charge < -0.3 is 10.1 Å². The van der Waals surface area contributed by atoms with E-state index in [1.54, 1.807) is 25.1 Å². The zero-order valence-electron chi connectivity index (χ0n) is 17.0. The quantitative estimate of drug-likeness (QED) is 0.615. The van der Waals surface area contributed by atoms with Crippen LogP contribution < -0.4 is 5.32 Å². The van der Waals surface area contributed by atoms with Crippen LogP contribution in [0.25, 0.3) is 22.2 Å². The third-order valence-electron chi connectivity index (χ3n) is 5.28. The van der Waals surface area contributed by atoms with E-state index < -0.39 is 33.9 Å². The molecule has 1 aliphatic rings. The minimum atomic E-state index is -3.16. The molecule has 7 nitrogen and oxygen atoms in total. The highest BCUT2D eigenvalue weighted by Crippen LogP contribution is 2.26. The standard InChI is InChI=1S/C23H22N2O5S/c1-23(11-12-31(28,29)15-23)25-21(26)14-30-22(27)18-13-20(16-7-3-2-4-8-16)24-19-10-6-5-9-17(18)19/h2-10,13H,11-12,14-15H2,1H3,(H,25,26). The second kappa shape index (κ2) is 8.11. The van der Waals surface area contributed by atoms with Gasteiger partial charge in [0, 0.05) is 10.9 Å². The molecule has 1 aliphatic heterocycles. The number of hydrogen-bond acceptors (Lipinski definition) is 6. The first-order valence-electron chi connectivity index (χ1n) is 9.88. The molecule has 1 atom stereocenters. The van der Waals surface area contributed by atoms with Crippen LogP contribution in [0.15, 0.2) is 60.7 Å². The molecule has 1 aromatic heterocycles. The zero-order chi connectivity index (χ0) is 22.1. The molecule has 0 bridgehead atoms. The van der Waals surface area contributed by atoms with Gasteiger partial charge >= 0.3 is 5.97 Å². The highest BCUT2D eigenvalue weighted by Gasteiger charge is 2.39. The molecule has 0 spiro atoms. The number of benzene rings is 2. The number of pyridine rings is 1. The molecule has 160 valence electrons. The summed E-state index contributed by atoms with van der Waals surface area (Å²) in [6.07, 6.45) is 0.338. The van der Waals surface area contributed by atoms with Gasteiger partial charge in [0.2, 0.25) is 0 Å². The molecular weight excluding hydrogens is 416 g/mol. The number of carbonyl (C=O) groups is 2. The predicted molar refractivity (Wildman–Crippen MR) is 117 cm³/mol. The van der Waals surface area contributed by atoms with Gasteiger partial charge in [0.05, 0.1) is 33.8 Å². The van der Waals surface area contributed by atoms with Crippen LogP contribution in [0.2, 0.25) is 0 Å². The van der Waals surface area contributed by atoms with Crippen LogP contribution >= 0.6 is 0 Å². The summed E-state index contributed by atoms with van der Waals surface area (Å²) in [5.41, 5.74) is 1.59. The number of hydrogen-bond donors (Lipinski definition) is 1. The second-order valence-corrected chi connectivity index (χ2v) is 10.1. The minimum absolute atomic E-state index is 0.0365. The Hall–Kier alpha value is -3.26. The van der Waals surface area contributed by atoms with Crippen molar-refractivity contribution in [2.24, 2.45) is 0 Å². The minimum Gasteiger partial charge on any atom is -0.452 e. The summed E-state index contributed by atoms with van der Waals surface area (Å²) in [5, 5.41) is 3.31. The Morgan fingerprint density at radius 2 is 1.81 bits per heavy atom. The summed E-state index contributed by atoms with van der Waals surface area (Å²) >= 11 is 0. The van der Waals surface area contributed by atoms with Crippen LogP contribution in [0.4, 0.5) is 0 Å². The van der Waals surface area contributed by atoms with Crippen LogP contribution in [-0.4, -0.2) is 48.9 Å². The van der Waals surface area contributed by atoms with Crippen molar-refractivity contribution in [2.75, 3.05) is 18.1 Å². The SMILES string of the molecule is CC1(NC(=O)COC(=O)c2cc(-c3ccccc3)nc3ccccc23)CCS(=O)(=O)C1. The van der Waals surface area contributed by atoms with E-state index in [0.717, 1.165) is 5.56 Å². The van der Waals surface area contributed by atoms with E-state index >= 15 is 0 Å². The summed E-state index contributed by atoms with van der Waals surface area (Å²) < 4.78 is 28.7. The number of aromatic nitrogens is 1. The van der Waals surface area contributed by atoms with Crippen molar-refractivity contribution in [3.05, 3.63) is 66.2 Å². The molecule has 1 saturated heterocycles. The Balaban J connectivity index is 1.53. The summed E-state index contributed by atoms with van der Waals surface area (Å²) in [4.78, 5) is 29.8. The van der Waals surface area contributed by atoms with E-state index in [9.17, 15) is 18.0 Å². The average molecular weight is 439 g/mol. The van der Waals surface area contributed by atoms with E-state index in [0.29, 0.717) is 28.6 Å². The van der Waals surface area contributed by atoms with Gasteiger partial charge in [-0.25, -0.2) is 18.2 Å². The first-order valence-corrected chi connectivity index (χ1v) is 11.7. The van der Waals surface area contributed by atoms with Crippen molar-refractivity contribution in [3.63, 3.8) is 0 Å². The van der Waals surface area contributed by atoms with E-state index in [-0.39, 0.29) is 11.5 Å². The molecule has 4 rings (SSSR count). The maximum atomic E-state index is 12.8. The fraction of sp³-hybridized carbons (Fsp3) is 0.261. The average Bonchev–Trinajstić information content (AvgIpc) is 3.04. The number of esters is 1. The number of ether oxygens (including phenoxy) is 1. The van der Waals surface area contributed by atoms with Crippen molar-refractivity contribution < 1.29 is 22.7 Å². The number of amides is 1. The van der Waals surface area contributed by atoms with Gasteiger partial charge in [0.25, 0.3) is 5.91 Å². The lowest BCUT2D eigenvalue weighted by molar-refractivity contribution is -0.125. The number of nitrogens with one attached hydrogen (secondary N) is 1. The lowest BCUT2D eigenvalue weighted by Gasteiger charge is -2.23. The van der Waals surface area contributed by atoms with E-state index in [1.165, 1.54) is 0 Å².